The molecule has 0 atom stereocenters. The van der Waals surface area contributed by atoms with E-state index in [2.05, 4.69) is 20.4 Å². The molecule has 0 aliphatic carbocycles. The first kappa shape index (κ1) is 50.0. The SMILES string of the molecule is C=CO.CCCCCCCCCCCCCCCCCC(=O)[O-].CCCCCCCCCCCCCCCCCC(=O)[O-].[Zn+2]. The molecule has 0 saturated heterocycles. The van der Waals surface area contributed by atoms with Gasteiger partial charge in [-0.3, -0.25) is 0 Å². The van der Waals surface area contributed by atoms with Crippen LogP contribution >= 0.6 is 0 Å². The van der Waals surface area contributed by atoms with Gasteiger partial charge in [0.15, 0.2) is 0 Å². The molecule has 0 aromatic carbocycles. The van der Waals surface area contributed by atoms with Crippen molar-refractivity contribution in [1.82, 2.24) is 0 Å². The molecule has 6 heteroatoms. The first-order valence-electron chi connectivity index (χ1n) is 18.6. The van der Waals surface area contributed by atoms with Gasteiger partial charge in [0.05, 0.1) is 6.26 Å². The Labute approximate surface area is 287 Å². The Morgan fingerprint density at radius 3 is 0.705 bits per heavy atom. The molecule has 0 rings (SSSR count). The zero-order chi connectivity index (χ0) is 32.5. The average Bonchev–Trinajstić information content (AvgIpc) is 2.97. The molecule has 0 amide bonds. The molecule has 0 saturated carbocycles. The van der Waals surface area contributed by atoms with Crippen LogP contribution in [0.2, 0.25) is 0 Å². The van der Waals surface area contributed by atoms with Crippen LogP contribution < -0.4 is 10.2 Å². The number of carboxylic acid groups (broad SMARTS) is 2. The Balaban J connectivity index is -0.000000326. The number of hydrogen-bond donors (Lipinski definition) is 1. The van der Waals surface area contributed by atoms with Crippen molar-refractivity contribution in [3.63, 3.8) is 0 Å². The van der Waals surface area contributed by atoms with E-state index in [0.29, 0.717) is 0 Å². The molecular weight excluding hydrogens is 602 g/mol. The van der Waals surface area contributed by atoms with Gasteiger partial charge in [-0.25, -0.2) is 0 Å². The summed E-state index contributed by atoms with van der Waals surface area (Å²) in [6.07, 6.45) is 40.5. The van der Waals surface area contributed by atoms with Crippen LogP contribution in [0.1, 0.15) is 219 Å². The maximum Gasteiger partial charge on any atom is 2.00 e. The van der Waals surface area contributed by atoms with E-state index in [0.717, 1.165) is 31.9 Å². The van der Waals surface area contributed by atoms with Crippen molar-refractivity contribution in [3.8, 4) is 0 Å². The van der Waals surface area contributed by atoms with Gasteiger partial charge in [0.1, 0.15) is 0 Å². The predicted octanol–water partition coefficient (Wildman–Crippen LogP) is 10.7. The molecule has 0 aromatic heterocycles. The van der Waals surface area contributed by atoms with Crippen LogP contribution in [0.25, 0.3) is 0 Å². The van der Waals surface area contributed by atoms with Crippen molar-refractivity contribution < 1.29 is 44.4 Å². The molecule has 0 aliphatic heterocycles. The minimum absolute atomic E-state index is 0. The smallest absolute Gasteiger partial charge is 0.550 e. The summed E-state index contributed by atoms with van der Waals surface area (Å²) < 4.78 is 0. The van der Waals surface area contributed by atoms with Crippen LogP contribution in [-0.2, 0) is 29.1 Å². The summed E-state index contributed by atoms with van der Waals surface area (Å²) in [6, 6.07) is 0. The number of aliphatic hydroxyl groups excluding tert-OH is 1. The van der Waals surface area contributed by atoms with Gasteiger partial charge >= 0.3 is 19.5 Å². The van der Waals surface area contributed by atoms with E-state index in [4.69, 9.17) is 5.11 Å². The predicted molar refractivity (Wildman–Crippen MR) is 182 cm³/mol. The van der Waals surface area contributed by atoms with E-state index in [-0.39, 0.29) is 32.3 Å². The Kier molecular flexibility index (Phi) is 55.6. The molecule has 0 fully saturated rings. The molecule has 258 valence electrons. The van der Waals surface area contributed by atoms with Crippen LogP contribution in [-0.4, -0.2) is 17.0 Å². The molecule has 0 aliphatic rings. The minimum Gasteiger partial charge on any atom is -0.550 e. The standard InChI is InChI=1S/2C18H36O2.C2H4O.Zn/c2*1-2-3-4-5-6-7-8-9-10-11-12-13-14-15-16-17-18(19)20;1-2-3;/h2*2-17H2,1H3,(H,19,20);2-3H,1H2;/q;;;+2/p-2. The zero-order valence-electron chi connectivity index (χ0n) is 29.7. The molecule has 0 heterocycles. The Bertz CT molecular complexity index is 497. The Hall–Kier alpha value is -0.897. The second-order valence-electron chi connectivity index (χ2n) is 12.3. The van der Waals surface area contributed by atoms with Crippen molar-refractivity contribution in [2.24, 2.45) is 0 Å². The number of unbranched alkanes of at least 4 members (excludes halogenated alkanes) is 28. The van der Waals surface area contributed by atoms with Gasteiger partial charge in [0, 0.05) is 11.9 Å². The fourth-order valence-corrected chi connectivity index (χ4v) is 5.28. The fraction of sp³-hybridized carbons (Fsp3) is 0.895. The van der Waals surface area contributed by atoms with Gasteiger partial charge in [-0.05, 0) is 25.7 Å². The number of carbonyl (C=O) groups excluding carboxylic acids is 2. The molecule has 1 N–H and O–H groups in total. The largest absolute Gasteiger partial charge is 2.00 e. The van der Waals surface area contributed by atoms with Gasteiger partial charge in [-0.15, -0.1) is 0 Å². The van der Waals surface area contributed by atoms with Gasteiger partial charge in [0.2, 0.25) is 0 Å². The quantitative estimate of drug-likeness (QED) is 0.0434. The number of carboxylic acids is 2. The van der Waals surface area contributed by atoms with Gasteiger partial charge in [0.25, 0.3) is 0 Å². The molecular formula is C38H74O5Zn. The molecule has 0 spiro atoms. The van der Waals surface area contributed by atoms with E-state index in [9.17, 15) is 19.8 Å². The van der Waals surface area contributed by atoms with Crippen molar-refractivity contribution in [2.75, 3.05) is 0 Å². The Morgan fingerprint density at radius 1 is 0.432 bits per heavy atom. The number of aliphatic carboxylic acids is 2. The first-order valence-corrected chi connectivity index (χ1v) is 18.6. The topological polar surface area (TPSA) is 100 Å². The molecule has 0 radical (unpaired) electrons. The molecule has 5 nitrogen and oxygen atoms in total. The van der Waals surface area contributed by atoms with E-state index in [1.807, 2.05) is 0 Å². The van der Waals surface area contributed by atoms with Crippen LogP contribution in [0.15, 0.2) is 12.8 Å². The summed E-state index contributed by atoms with van der Waals surface area (Å²) in [7, 11) is 0. The van der Waals surface area contributed by atoms with E-state index >= 15 is 0 Å². The van der Waals surface area contributed by atoms with E-state index in [1.165, 1.54) is 167 Å². The van der Waals surface area contributed by atoms with Crippen molar-refractivity contribution in [2.45, 2.75) is 219 Å². The minimum atomic E-state index is -0.903. The summed E-state index contributed by atoms with van der Waals surface area (Å²) in [5.41, 5.74) is 0. The van der Waals surface area contributed by atoms with Crippen molar-refractivity contribution >= 4 is 11.9 Å². The summed E-state index contributed by atoms with van der Waals surface area (Å²) in [5.74, 6) is -1.81. The summed E-state index contributed by atoms with van der Waals surface area (Å²) in [6.45, 7) is 7.45. The van der Waals surface area contributed by atoms with Crippen LogP contribution in [0, 0.1) is 0 Å². The second-order valence-corrected chi connectivity index (χ2v) is 12.3. The van der Waals surface area contributed by atoms with E-state index < -0.39 is 11.9 Å². The molecule has 0 unspecified atom stereocenters. The average molecular weight is 676 g/mol. The summed E-state index contributed by atoms with van der Waals surface area (Å²) in [4.78, 5) is 20.4. The molecule has 0 bridgehead atoms. The van der Waals surface area contributed by atoms with Crippen LogP contribution in [0.3, 0.4) is 0 Å². The monoisotopic (exact) mass is 674 g/mol. The summed E-state index contributed by atoms with van der Waals surface area (Å²) >= 11 is 0. The number of hydrogen-bond acceptors (Lipinski definition) is 5. The van der Waals surface area contributed by atoms with E-state index in [1.54, 1.807) is 0 Å². The maximum absolute atomic E-state index is 10.2. The third-order valence-corrected chi connectivity index (χ3v) is 7.97. The van der Waals surface area contributed by atoms with Crippen LogP contribution in [0.4, 0.5) is 0 Å². The number of aliphatic hydroxyl groups is 1. The normalized spacial score (nSPS) is 10.1. The Morgan fingerprint density at radius 2 is 0.568 bits per heavy atom. The third-order valence-electron chi connectivity index (χ3n) is 7.97. The van der Waals surface area contributed by atoms with Gasteiger partial charge in [-0.1, -0.05) is 200 Å². The van der Waals surface area contributed by atoms with Crippen molar-refractivity contribution in [1.29, 1.82) is 0 Å². The van der Waals surface area contributed by atoms with Crippen LogP contribution in [0.5, 0.6) is 0 Å². The number of rotatable bonds is 32. The second kappa shape index (κ2) is 49.0. The van der Waals surface area contributed by atoms with Gasteiger partial charge < -0.3 is 24.9 Å². The first-order chi connectivity index (χ1) is 21.0. The number of carbonyl (C=O) groups is 2. The maximum atomic E-state index is 10.2. The van der Waals surface area contributed by atoms with Crippen molar-refractivity contribution in [3.05, 3.63) is 12.8 Å². The summed E-state index contributed by atoms with van der Waals surface area (Å²) in [5, 5.41) is 27.8. The zero-order valence-corrected chi connectivity index (χ0v) is 32.7. The third kappa shape index (κ3) is 60.3. The molecule has 0 aromatic rings. The van der Waals surface area contributed by atoms with Gasteiger partial charge in [-0.2, -0.15) is 0 Å². The fourth-order valence-electron chi connectivity index (χ4n) is 5.28. The molecule has 44 heavy (non-hydrogen) atoms.